The number of imide groups is 1. The molecule has 1 aliphatic rings. The van der Waals surface area contributed by atoms with E-state index in [4.69, 9.17) is 4.74 Å². The highest BCUT2D eigenvalue weighted by Crippen LogP contribution is 2.32. The Hall–Kier alpha value is -2.82. The molecule has 0 radical (unpaired) electrons. The van der Waals surface area contributed by atoms with E-state index < -0.39 is 6.04 Å². The molecule has 3 rings (SSSR count). The zero-order valence-corrected chi connectivity index (χ0v) is 13.8. The zero-order valence-electron chi connectivity index (χ0n) is 13.8. The first kappa shape index (κ1) is 16.1. The van der Waals surface area contributed by atoms with Gasteiger partial charge in [-0.1, -0.05) is 31.2 Å². The first-order valence-electron chi connectivity index (χ1n) is 7.99. The maximum absolute atomic E-state index is 12.7. The van der Waals surface area contributed by atoms with Crippen molar-refractivity contribution in [2.75, 3.05) is 17.3 Å². The zero-order chi connectivity index (χ0) is 17.1. The van der Waals surface area contributed by atoms with E-state index in [0.29, 0.717) is 11.4 Å². The molecule has 1 atom stereocenters. The number of carbonyl (C=O) groups excluding carboxylic acids is 2. The van der Waals surface area contributed by atoms with Crippen LogP contribution in [0.2, 0.25) is 0 Å². The van der Waals surface area contributed by atoms with Crippen molar-refractivity contribution in [1.29, 1.82) is 0 Å². The number of ether oxygens (including phenoxy) is 1. The third-order valence-electron chi connectivity index (χ3n) is 4.18. The number of benzene rings is 2. The number of amides is 2. The number of aryl methyl sites for hydroxylation is 1. The lowest BCUT2D eigenvalue weighted by Crippen LogP contribution is -2.35. The Bertz CT molecular complexity index is 755. The molecule has 1 N–H and O–H groups in total. The van der Waals surface area contributed by atoms with E-state index >= 15 is 0 Å². The molecule has 1 saturated heterocycles. The van der Waals surface area contributed by atoms with Crippen molar-refractivity contribution in [2.24, 2.45) is 0 Å². The van der Waals surface area contributed by atoms with Crippen LogP contribution in [0, 0.1) is 0 Å². The number of nitrogens with zero attached hydrogens (tertiary/aromatic N) is 1. The van der Waals surface area contributed by atoms with Crippen LogP contribution in [0.4, 0.5) is 11.4 Å². The second-order valence-electron chi connectivity index (χ2n) is 5.69. The molecule has 0 unspecified atom stereocenters. The minimum Gasteiger partial charge on any atom is -0.495 e. The van der Waals surface area contributed by atoms with Gasteiger partial charge >= 0.3 is 0 Å². The molecule has 0 saturated carbocycles. The molecule has 2 amide bonds. The average molecular weight is 324 g/mol. The van der Waals surface area contributed by atoms with Gasteiger partial charge in [0.25, 0.3) is 5.91 Å². The summed E-state index contributed by atoms with van der Waals surface area (Å²) >= 11 is 0. The summed E-state index contributed by atoms with van der Waals surface area (Å²) in [5, 5.41) is 3.16. The van der Waals surface area contributed by atoms with E-state index in [1.807, 2.05) is 24.3 Å². The Kier molecular flexibility index (Phi) is 4.51. The Morgan fingerprint density at radius 1 is 1.12 bits per heavy atom. The van der Waals surface area contributed by atoms with Crippen molar-refractivity contribution in [2.45, 2.75) is 25.8 Å². The van der Waals surface area contributed by atoms with Gasteiger partial charge in [0, 0.05) is 5.69 Å². The van der Waals surface area contributed by atoms with Crippen molar-refractivity contribution in [3.8, 4) is 5.75 Å². The highest BCUT2D eigenvalue weighted by Gasteiger charge is 2.40. The summed E-state index contributed by atoms with van der Waals surface area (Å²) in [4.78, 5) is 26.3. The molecule has 0 spiro atoms. The monoisotopic (exact) mass is 324 g/mol. The average Bonchev–Trinajstić information content (AvgIpc) is 2.89. The van der Waals surface area contributed by atoms with Gasteiger partial charge < -0.3 is 10.1 Å². The van der Waals surface area contributed by atoms with Crippen LogP contribution >= 0.6 is 0 Å². The number of nitrogens with one attached hydrogen (secondary N) is 1. The van der Waals surface area contributed by atoms with Crippen LogP contribution in [-0.2, 0) is 16.0 Å². The molecule has 2 aromatic carbocycles. The van der Waals surface area contributed by atoms with E-state index in [0.717, 1.165) is 12.1 Å². The molecule has 5 nitrogen and oxygen atoms in total. The van der Waals surface area contributed by atoms with Gasteiger partial charge in [-0.05, 0) is 36.2 Å². The summed E-state index contributed by atoms with van der Waals surface area (Å²) in [6.07, 6.45) is 1.09. The SMILES string of the molecule is CCc1ccc(N[C@H]2CC(=O)N(c3ccccc3OC)C2=O)cc1. The maximum atomic E-state index is 12.7. The predicted molar refractivity (Wildman–Crippen MR) is 93.3 cm³/mol. The largest absolute Gasteiger partial charge is 0.495 e. The third-order valence-corrected chi connectivity index (χ3v) is 4.18. The lowest BCUT2D eigenvalue weighted by Gasteiger charge is -2.18. The molecule has 1 fully saturated rings. The molecule has 24 heavy (non-hydrogen) atoms. The standard InChI is InChI=1S/C19H20N2O3/c1-3-13-8-10-14(11-9-13)20-15-12-18(22)21(19(15)23)16-6-4-5-7-17(16)24-2/h4-11,15,20H,3,12H2,1-2H3/t15-/m0/s1. The van der Waals surface area contributed by atoms with Crippen molar-refractivity contribution >= 4 is 23.2 Å². The molecular weight excluding hydrogens is 304 g/mol. The molecular formula is C19H20N2O3. The molecule has 0 aliphatic carbocycles. The Morgan fingerprint density at radius 3 is 2.50 bits per heavy atom. The number of methoxy groups -OCH3 is 1. The maximum Gasteiger partial charge on any atom is 0.256 e. The van der Waals surface area contributed by atoms with Crippen LogP contribution in [0.15, 0.2) is 48.5 Å². The third kappa shape index (κ3) is 2.97. The molecule has 1 heterocycles. The van der Waals surface area contributed by atoms with Gasteiger partial charge in [-0.25, -0.2) is 4.90 Å². The van der Waals surface area contributed by atoms with Crippen LogP contribution in [0.5, 0.6) is 5.75 Å². The van der Waals surface area contributed by atoms with Crippen molar-refractivity contribution < 1.29 is 14.3 Å². The fourth-order valence-electron chi connectivity index (χ4n) is 2.85. The fourth-order valence-corrected chi connectivity index (χ4v) is 2.85. The van der Waals surface area contributed by atoms with Gasteiger partial charge in [0.05, 0.1) is 19.2 Å². The summed E-state index contributed by atoms with van der Waals surface area (Å²) in [6.45, 7) is 2.09. The van der Waals surface area contributed by atoms with Crippen LogP contribution in [0.3, 0.4) is 0 Å². The normalized spacial score (nSPS) is 17.2. The first-order chi connectivity index (χ1) is 11.6. The van der Waals surface area contributed by atoms with Gasteiger partial charge in [-0.15, -0.1) is 0 Å². The first-order valence-corrected chi connectivity index (χ1v) is 7.99. The molecule has 0 aromatic heterocycles. The minimum absolute atomic E-state index is 0.131. The van der Waals surface area contributed by atoms with E-state index in [9.17, 15) is 9.59 Å². The second-order valence-corrected chi connectivity index (χ2v) is 5.69. The molecule has 1 aliphatic heterocycles. The molecule has 5 heteroatoms. The Labute approximate surface area is 141 Å². The van der Waals surface area contributed by atoms with Gasteiger partial charge in [0.2, 0.25) is 5.91 Å². The Morgan fingerprint density at radius 2 is 1.83 bits per heavy atom. The van der Waals surface area contributed by atoms with Crippen LogP contribution in [-0.4, -0.2) is 25.0 Å². The lowest BCUT2D eigenvalue weighted by atomic mass is 10.1. The number of rotatable bonds is 5. The number of carbonyl (C=O) groups is 2. The van der Waals surface area contributed by atoms with Crippen LogP contribution in [0.1, 0.15) is 18.9 Å². The van der Waals surface area contributed by atoms with E-state index in [2.05, 4.69) is 12.2 Å². The summed E-state index contributed by atoms with van der Waals surface area (Å²) in [5.41, 5.74) is 2.55. The smallest absolute Gasteiger partial charge is 0.256 e. The summed E-state index contributed by atoms with van der Waals surface area (Å²) in [5.74, 6) is 0.0170. The van der Waals surface area contributed by atoms with E-state index in [1.165, 1.54) is 17.6 Å². The Balaban J connectivity index is 1.81. The van der Waals surface area contributed by atoms with Gasteiger partial charge in [0.1, 0.15) is 11.8 Å². The summed E-state index contributed by atoms with van der Waals surface area (Å²) in [7, 11) is 1.52. The van der Waals surface area contributed by atoms with Gasteiger partial charge in [-0.2, -0.15) is 0 Å². The quantitative estimate of drug-likeness (QED) is 0.859. The molecule has 124 valence electrons. The van der Waals surface area contributed by atoms with Crippen molar-refractivity contribution in [3.63, 3.8) is 0 Å². The van der Waals surface area contributed by atoms with Gasteiger partial charge in [-0.3, -0.25) is 9.59 Å². The summed E-state index contributed by atoms with van der Waals surface area (Å²) < 4.78 is 5.27. The molecule has 0 bridgehead atoms. The van der Waals surface area contributed by atoms with Crippen molar-refractivity contribution in [1.82, 2.24) is 0 Å². The van der Waals surface area contributed by atoms with Crippen molar-refractivity contribution in [3.05, 3.63) is 54.1 Å². The second kappa shape index (κ2) is 6.74. The minimum atomic E-state index is -0.560. The number of para-hydroxylation sites is 2. The number of anilines is 2. The van der Waals surface area contributed by atoms with Crippen LogP contribution in [0.25, 0.3) is 0 Å². The van der Waals surface area contributed by atoms with Crippen LogP contribution < -0.4 is 15.0 Å². The predicted octanol–water partition coefficient (Wildman–Crippen LogP) is 3.00. The molecule has 2 aromatic rings. The topological polar surface area (TPSA) is 58.6 Å². The lowest BCUT2D eigenvalue weighted by molar-refractivity contribution is -0.121. The van der Waals surface area contributed by atoms with Gasteiger partial charge in [0.15, 0.2) is 0 Å². The highest BCUT2D eigenvalue weighted by atomic mass is 16.5. The summed E-state index contributed by atoms with van der Waals surface area (Å²) in [6, 6.07) is 14.4. The number of hydrogen-bond acceptors (Lipinski definition) is 4. The van der Waals surface area contributed by atoms with E-state index in [-0.39, 0.29) is 18.2 Å². The highest BCUT2D eigenvalue weighted by molar-refractivity contribution is 6.23. The van der Waals surface area contributed by atoms with E-state index in [1.54, 1.807) is 24.3 Å². The fraction of sp³-hybridized carbons (Fsp3) is 0.263. The number of hydrogen-bond donors (Lipinski definition) is 1.